The molecule has 1 heteroatoms. The molecule has 0 spiro atoms. The van der Waals surface area contributed by atoms with Gasteiger partial charge in [0, 0.05) is 6.54 Å². The molecule has 0 bridgehead atoms. The fourth-order valence-electron chi connectivity index (χ4n) is 2.27. The largest absolute Gasteiger partial charge is 0.326 e. The first-order chi connectivity index (χ1) is 13.0. The molecule has 0 heterocycles. The summed E-state index contributed by atoms with van der Waals surface area (Å²) < 4.78 is 0. The SMILES string of the molecule is C=C(C)C.C=C(C)c1cc(CN)c(C)cc1C.CCCC.CCCC(C)CC. The van der Waals surface area contributed by atoms with Crippen LogP contribution in [0.3, 0.4) is 0 Å². The second-order valence-electron chi connectivity index (χ2n) is 8.09. The van der Waals surface area contributed by atoms with E-state index in [1.807, 2.05) is 20.8 Å². The van der Waals surface area contributed by atoms with Crippen LogP contribution in [-0.4, -0.2) is 0 Å². The van der Waals surface area contributed by atoms with E-state index in [-0.39, 0.29) is 0 Å². The average molecular weight is 390 g/mol. The van der Waals surface area contributed by atoms with Gasteiger partial charge in [-0.25, -0.2) is 0 Å². The van der Waals surface area contributed by atoms with Crippen molar-refractivity contribution >= 4 is 5.57 Å². The number of benzene rings is 1. The molecule has 0 amide bonds. The van der Waals surface area contributed by atoms with Crippen molar-refractivity contribution in [2.45, 2.75) is 108 Å². The minimum Gasteiger partial charge on any atom is -0.326 e. The first-order valence-electron chi connectivity index (χ1n) is 11.1. The normalized spacial score (nSPS) is 10.2. The summed E-state index contributed by atoms with van der Waals surface area (Å²) in [5.74, 6) is 0.949. The van der Waals surface area contributed by atoms with Gasteiger partial charge in [0.2, 0.25) is 0 Å². The van der Waals surface area contributed by atoms with Gasteiger partial charge in [0.05, 0.1) is 0 Å². The summed E-state index contributed by atoms with van der Waals surface area (Å²) in [6.45, 7) is 29.4. The molecule has 0 saturated heterocycles. The smallest absolute Gasteiger partial charge is 0.0180 e. The summed E-state index contributed by atoms with van der Waals surface area (Å²) in [6.07, 6.45) is 6.72. The zero-order chi connectivity index (χ0) is 22.7. The Balaban J connectivity index is -0.000000351. The summed E-state index contributed by atoms with van der Waals surface area (Å²) in [6, 6.07) is 4.32. The fraction of sp³-hybridized carbons (Fsp3) is 0.630. The van der Waals surface area contributed by atoms with Crippen molar-refractivity contribution in [3.8, 4) is 0 Å². The highest BCUT2D eigenvalue weighted by Crippen LogP contribution is 2.21. The molecule has 0 fully saturated rings. The third kappa shape index (κ3) is 19.4. The second kappa shape index (κ2) is 20.4. The van der Waals surface area contributed by atoms with Crippen molar-refractivity contribution in [3.63, 3.8) is 0 Å². The van der Waals surface area contributed by atoms with Crippen LogP contribution < -0.4 is 5.73 Å². The molecule has 0 radical (unpaired) electrons. The number of hydrogen-bond donors (Lipinski definition) is 1. The molecule has 1 nitrogen and oxygen atoms in total. The summed E-state index contributed by atoms with van der Waals surface area (Å²) in [5.41, 5.74) is 12.9. The van der Waals surface area contributed by atoms with Crippen molar-refractivity contribution in [2.24, 2.45) is 11.7 Å². The Labute approximate surface area is 178 Å². The molecular weight excluding hydrogens is 338 g/mol. The Morgan fingerprint density at radius 3 is 1.61 bits per heavy atom. The lowest BCUT2D eigenvalue weighted by molar-refractivity contribution is 0.509. The number of hydrogen-bond acceptors (Lipinski definition) is 1. The molecule has 1 aromatic carbocycles. The van der Waals surface area contributed by atoms with Crippen LogP contribution in [0.25, 0.3) is 5.57 Å². The van der Waals surface area contributed by atoms with Crippen LogP contribution in [0, 0.1) is 19.8 Å². The van der Waals surface area contributed by atoms with Crippen LogP contribution in [0.5, 0.6) is 0 Å². The van der Waals surface area contributed by atoms with Gasteiger partial charge in [0.25, 0.3) is 0 Å². The Morgan fingerprint density at radius 1 is 0.893 bits per heavy atom. The van der Waals surface area contributed by atoms with Gasteiger partial charge >= 0.3 is 0 Å². The molecule has 0 aliphatic carbocycles. The quantitative estimate of drug-likeness (QED) is 0.482. The van der Waals surface area contributed by atoms with Crippen molar-refractivity contribution in [3.05, 3.63) is 53.1 Å². The van der Waals surface area contributed by atoms with Crippen LogP contribution in [0.1, 0.15) is 110 Å². The third-order valence-corrected chi connectivity index (χ3v) is 4.34. The molecule has 1 atom stereocenters. The lowest BCUT2D eigenvalue weighted by Crippen LogP contribution is -2.01. The lowest BCUT2D eigenvalue weighted by Gasteiger charge is -2.10. The van der Waals surface area contributed by atoms with Gasteiger partial charge < -0.3 is 5.73 Å². The summed E-state index contributed by atoms with van der Waals surface area (Å²) >= 11 is 0. The number of aryl methyl sites for hydroxylation is 2. The van der Waals surface area contributed by atoms with Crippen LogP contribution >= 0.6 is 0 Å². The summed E-state index contributed by atoms with van der Waals surface area (Å²) in [7, 11) is 0. The fourth-order valence-corrected chi connectivity index (χ4v) is 2.27. The van der Waals surface area contributed by atoms with E-state index in [0.29, 0.717) is 6.54 Å². The van der Waals surface area contributed by atoms with Crippen LogP contribution in [0.15, 0.2) is 30.9 Å². The molecule has 164 valence electrons. The predicted octanol–water partition coefficient (Wildman–Crippen LogP) is 9.02. The van der Waals surface area contributed by atoms with E-state index in [0.717, 1.165) is 11.5 Å². The predicted molar refractivity (Wildman–Crippen MR) is 134 cm³/mol. The molecule has 2 N–H and O–H groups in total. The highest BCUT2D eigenvalue weighted by Gasteiger charge is 2.03. The van der Waals surface area contributed by atoms with Crippen LogP contribution in [0.2, 0.25) is 0 Å². The molecule has 1 aromatic rings. The van der Waals surface area contributed by atoms with Crippen LogP contribution in [0.4, 0.5) is 0 Å². The number of unbranched alkanes of at least 4 members (excludes halogenated alkanes) is 1. The summed E-state index contributed by atoms with van der Waals surface area (Å²) in [5, 5.41) is 0. The van der Waals surface area contributed by atoms with Gasteiger partial charge in [-0.05, 0) is 68.9 Å². The third-order valence-electron chi connectivity index (χ3n) is 4.34. The van der Waals surface area contributed by atoms with Crippen molar-refractivity contribution in [1.82, 2.24) is 0 Å². The molecule has 1 unspecified atom stereocenters. The molecule has 0 aromatic heterocycles. The maximum atomic E-state index is 5.64. The van der Waals surface area contributed by atoms with Gasteiger partial charge in [-0.15, -0.1) is 6.58 Å². The summed E-state index contributed by atoms with van der Waals surface area (Å²) in [4.78, 5) is 0. The number of allylic oxidation sites excluding steroid dienone is 2. The van der Waals surface area contributed by atoms with Gasteiger partial charge in [-0.2, -0.15) is 0 Å². The number of rotatable bonds is 6. The van der Waals surface area contributed by atoms with E-state index < -0.39 is 0 Å². The Morgan fingerprint density at radius 2 is 1.36 bits per heavy atom. The molecule has 0 aliphatic heterocycles. The molecule has 28 heavy (non-hydrogen) atoms. The van der Waals surface area contributed by atoms with E-state index in [2.05, 4.69) is 73.8 Å². The van der Waals surface area contributed by atoms with Gasteiger partial charge in [-0.3, -0.25) is 0 Å². The average Bonchev–Trinajstić information content (AvgIpc) is 2.62. The highest BCUT2D eigenvalue weighted by atomic mass is 14.5. The Hall–Kier alpha value is -1.34. The monoisotopic (exact) mass is 389 g/mol. The molecular formula is C27H51N. The second-order valence-corrected chi connectivity index (χ2v) is 8.09. The first-order valence-corrected chi connectivity index (χ1v) is 11.1. The minimum atomic E-state index is 0.604. The van der Waals surface area contributed by atoms with E-state index in [4.69, 9.17) is 5.73 Å². The molecule has 0 aliphatic rings. The van der Waals surface area contributed by atoms with Crippen molar-refractivity contribution in [2.75, 3.05) is 0 Å². The highest BCUT2D eigenvalue weighted by molar-refractivity contribution is 5.65. The van der Waals surface area contributed by atoms with Gasteiger partial charge in [0.15, 0.2) is 0 Å². The Kier molecular flexibility index (Phi) is 22.8. The minimum absolute atomic E-state index is 0.604. The number of nitrogens with two attached hydrogens (primary N) is 1. The topological polar surface area (TPSA) is 26.0 Å². The van der Waals surface area contributed by atoms with E-state index in [1.54, 1.807) is 0 Å². The zero-order valence-electron chi connectivity index (χ0n) is 21.0. The zero-order valence-corrected chi connectivity index (χ0v) is 21.0. The maximum absolute atomic E-state index is 5.64. The van der Waals surface area contributed by atoms with E-state index in [1.165, 1.54) is 59.9 Å². The molecule has 0 saturated carbocycles. The van der Waals surface area contributed by atoms with Gasteiger partial charge in [-0.1, -0.05) is 90.5 Å². The van der Waals surface area contributed by atoms with Crippen molar-refractivity contribution < 1.29 is 0 Å². The standard InChI is InChI=1S/C12H17N.C7H16.C4H8.C4H10/c1-8(2)12-6-11(7-13)9(3)5-10(12)4;1-4-6-7(3)5-2;1-4(2)3;1-3-4-2/h5-6H,1,7,13H2,2-4H3;7H,4-6H2,1-3H3;1H2,2-3H3;3-4H2,1-2H3. The lowest BCUT2D eigenvalue weighted by atomic mass is 9.96. The maximum Gasteiger partial charge on any atom is 0.0180 e. The first kappa shape index (κ1) is 31.4. The van der Waals surface area contributed by atoms with E-state index >= 15 is 0 Å². The molecule has 1 rings (SSSR count). The van der Waals surface area contributed by atoms with E-state index in [9.17, 15) is 0 Å². The Bertz CT molecular complexity index is 519. The van der Waals surface area contributed by atoms with Crippen molar-refractivity contribution in [1.29, 1.82) is 0 Å². The van der Waals surface area contributed by atoms with Gasteiger partial charge in [0.1, 0.15) is 0 Å². The van der Waals surface area contributed by atoms with Crippen LogP contribution in [-0.2, 0) is 6.54 Å².